The first-order valence-electron chi connectivity index (χ1n) is 9.00. The van der Waals surface area contributed by atoms with E-state index in [0.29, 0.717) is 12.8 Å². The van der Waals surface area contributed by atoms with Gasteiger partial charge in [-0.15, -0.1) is 0 Å². The van der Waals surface area contributed by atoms with Crippen LogP contribution in [0.5, 0.6) is 0 Å². The highest BCUT2D eigenvalue weighted by Gasteiger charge is 2.35. The summed E-state index contributed by atoms with van der Waals surface area (Å²) in [5, 5.41) is 19.6. The standard InChI is InChI=1S/C20H28O6/c1-14(25-20-18(22)12-17(21)15(2)26-20)8-6-7-11-19(23)24-13-16-9-4-3-5-10-16/h3-5,7,9-11,14-15,17-18,20-22H,6,8,12-13H2,1-2H3/b11-7+/t14-,15+,17-,18-,20-/m1/s1. The molecule has 1 heterocycles. The number of carbonyl (C=O) groups excluding carboxylic acids is 1. The maximum Gasteiger partial charge on any atom is 0.330 e. The molecule has 0 bridgehead atoms. The number of aliphatic hydroxyl groups is 2. The van der Waals surface area contributed by atoms with Crippen LogP contribution >= 0.6 is 0 Å². The van der Waals surface area contributed by atoms with Crippen LogP contribution < -0.4 is 0 Å². The van der Waals surface area contributed by atoms with Crippen LogP contribution in [0.2, 0.25) is 0 Å². The monoisotopic (exact) mass is 364 g/mol. The lowest BCUT2D eigenvalue weighted by Gasteiger charge is -2.36. The third-order valence-electron chi connectivity index (χ3n) is 4.27. The molecule has 0 unspecified atom stereocenters. The topological polar surface area (TPSA) is 85.2 Å². The number of allylic oxidation sites excluding steroid dienone is 1. The molecule has 2 rings (SSSR count). The first-order valence-corrected chi connectivity index (χ1v) is 9.00. The van der Waals surface area contributed by atoms with Crippen molar-refractivity contribution in [2.75, 3.05) is 0 Å². The molecule has 0 radical (unpaired) electrons. The molecule has 1 aromatic rings. The van der Waals surface area contributed by atoms with Gasteiger partial charge >= 0.3 is 5.97 Å². The number of rotatable bonds is 8. The molecule has 6 heteroatoms. The predicted octanol–water partition coefficient (Wildman–Crippen LogP) is 2.33. The molecule has 2 N–H and O–H groups in total. The molecule has 0 aromatic heterocycles. The van der Waals surface area contributed by atoms with E-state index in [1.54, 1.807) is 13.0 Å². The maximum atomic E-state index is 11.7. The number of aliphatic hydroxyl groups excluding tert-OH is 2. The van der Waals surface area contributed by atoms with Crippen LogP contribution in [0.25, 0.3) is 0 Å². The number of hydrogen-bond donors (Lipinski definition) is 2. The van der Waals surface area contributed by atoms with Gasteiger partial charge < -0.3 is 24.4 Å². The van der Waals surface area contributed by atoms with Crippen molar-refractivity contribution in [2.24, 2.45) is 0 Å². The summed E-state index contributed by atoms with van der Waals surface area (Å²) in [5.74, 6) is -0.378. The van der Waals surface area contributed by atoms with Gasteiger partial charge in [-0.05, 0) is 32.3 Å². The van der Waals surface area contributed by atoms with Crippen LogP contribution in [0.15, 0.2) is 42.5 Å². The van der Waals surface area contributed by atoms with Crippen LogP contribution in [0.3, 0.4) is 0 Å². The van der Waals surface area contributed by atoms with Gasteiger partial charge in [0.25, 0.3) is 0 Å². The second-order valence-electron chi connectivity index (χ2n) is 6.60. The average Bonchev–Trinajstić information content (AvgIpc) is 2.62. The molecular weight excluding hydrogens is 336 g/mol. The minimum Gasteiger partial charge on any atom is -0.458 e. The predicted molar refractivity (Wildman–Crippen MR) is 96.1 cm³/mol. The first-order chi connectivity index (χ1) is 12.5. The molecular formula is C20H28O6. The lowest BCUT2D eigenvalue weighted by atomic mass is 10.0. The Morgan fingerprint density at radius 3 is 2.77 bits per heavy atom. The Morgan fingerprint density at radius 2 is 2.04 bits per heavy atom. The fraction of sp³-hybridized carbons (Fsp3) is 0.550. The Kier molecular flexibility index (Phi) is 8.25. The van der Waals surface area contributed by atoms with E-state index < -0.39 is 18.5 Å². The summed E-state index contributed by atoms with van der Waals surface area (Å²) in [4.78, 5) is 11.7. The van der Waals surface area contributed by atoms with Gasteiger partial charge in [-0.3, -0.25) is 0 Å². The number of hydrogen-bond acceptors (Lipinski definition) is 6. The van der Waals surface area contributed by atoms with E-state index in [0.717, 1.165) is 5.56 Å². The normalized spacial score (nSPS) is 27.4. The Morgan fingerprint density at radius 1 is 1.31 bits per heavy atom. The van der Waals surface area contributed by atoms with Crippen LogP contribution in [-0.4, -0.2) is 46.9 Å². The number of esters is 1. The van der Waals surface area contributed by atoms with Crippen molar-refractivity contribution in [3.63, 3.8) is 0 Å². The molecule has 144 valence electrons. The summed E-state index contributed by atoms with van der Waals surface area (Å²) in [7, 11) is 0. The number of carbonyl (C=O) groups is 1. The van der Waals surface area contributed by atoms with Crippen LogP contribution in [0.1, 0.15) is 38.7 Å². The molecule has 5 atom stereocenters. The molecule has 6 nitrogen and oxygen atoms in total. The molecule has 1 aromatic carbocycles. The minimum absolute atomic E-state index is 0.151. The highest BCUT2D eigenvalue weighted by Crippen LogP contribution is 2.22. The van der Waals surface area contributed by atoms with E-state index in [1.165, 1.54) is 6.08 Å². The zero-order chi connectivity index (χ0) is 18.9. The van der Waals surface area contributed by atoms with E-state index in [2.05, 4.69) is 0 Å². The molecule has 0 saturated carbocycles. The highest BCUT2D eigenvalue weighted by atomic mass is 16.7. The summed E-state index contributed by atoms with van der Waals surface area (Å²) < 4.78 is 16.3. The minimum atomic E-state index is -0.841. The van der Waals surface area contributed by atoms with Crippen LogP contribution in [0.4, 0.5) is 0 Å². The summed E-state index contributed by atoms with van der Waals surface area (Å²) in [6.07, 6.45) is 1.95. The van der Waals surface area contributed by atoms with Gasteiger partial charge in [0.15, 0.2) is 6.29 Å². The van der Waals surface area contributed by atoms with E-state index in [9.17, 15) is 15.0 Å². The Hall–Kier alpha value is -1.73. The summed E-state index contributed by atoms with van der Waals surface area (Å²) in [6.45, 7) is 3.89. The molecule has 0 aliphatic carbocycles. The Labute approximate surface area is 154 Å². The highest BCUT2D eigenvalue weighted by molar-refractivity contribution is 5.81. The van der Waals surface area contributed by atoms with Gasteiger partial charge in [-0.1, -0.05) is 36.4 Å². The number of benzene rings is 1. The van der Waals surface area contributed by atoms with E-state index in [1.807, 2.05) is 37.3 Å². The number of ether oxygens (including phenoxy) is 3. The Balaban J connectivity index is 1.63. The molecule has 1 aliphatic heterocycles. The fourth-order valence-corrected chi connectivity index (χ4v) is 2.65. The van der Waals surface area contributed by atoms with Gasteiger partial charge in [0, 0.05) is 12.5 Å². The van der Waals surface area contributed by atoms with E-state index in [-0.39, 0.29) is 31.2 Å². The smallest absolute Gasteiger partial charge is 0.330 e. The van der Waals surface area contributed by atoms with E-state index in [4.69, 9.17) is 14.2 Å². The lowest BCUT2D eigenvalue weighted by molar-refractivity contribution is -0.273. The average molecular weight is 364 g/mol. The largest absolute Gasteiger partial charge is 0.458 e. The first kappa shape index (κ1) is 20.6. The van der Waals surface area contributed by atoms with Crippen molar-refractivity contribution in [1.29, 1.82) is 0 Å². The van der Waals surface area contributed by atoms with Gasteiger partial charge in [0.05, 0.1) is 18.3 Å². The lowest BCUT2D eigenvalue weighted by Crippen LogP contribution is -2.48. The molecule has 26 heavy (non-hydrogen) atoms. The second-order valence-corrected chi connectivity index (χ2v) is 6.60. The Bertz CT molecular complexity index is 573. The van der Waals surface area contributed by atoms with Crippen molar-refractivity contribution in [2.45, 2.75) is 70.4 Å². The van der Waals surface area contributed by atoms with Gasteiger partial charge in [0.2, 0.25) is 0 Å². The molecule has 1 aliphatic rings. The van der Waals surface area contributed by atoms with Crippen molar-refractivity contribution in [1.82, 2.24) is 0 Å². The summed E-state index contributed by atoms with van der Waals surface area (Å²) in [6, 6.07) is 9.51. The van der Waals surface area contributed by atoms with Gasteiger partial charge in [-0.2, -0.15) is 0 Å². The van der Waals surface area contributed by atoms with Crippen molar-refractivity contribution < 1.29 is 29.2 Å². The second kappa shape index (κ2) is 10.4. The van der Waals surface area contributed by atoms with Gasteiger partial charge in [0.1, 0.15) is 12.7 Å². The molecule has 1 saturated heterocycles. The third kappa shape index (κ3) is 6.88. The zero-order valence-electron chi connectivity index (χ0n) is 15.3. The van der Waals surface area contributed by atoms with E-state index >= 15 is 0 Å². The molecule has 0 spiro atoms. The molecule has 0 amide bonds. The van der Waals surface area contributed by atoms with Gasteiger partial charge in [-0.25, -0.2) is 4.79 Å². The molecule has 1 fully saturated rings. The third-order valence-corrected chi connectivity index (χ3v) is 4.27. The SMILES string of the molecule is C[C@H](CC/C=C/C(=O)OCc1ccccc1)O[C@@H]1O[C@@H](C)[C@H](O)C[C@H]1O. The summed E-state index contributed by atoms with van der Waals surface area (Å²) in [5.41, 5.74) is 0.946. The quantitative estimate of drug-likeness (QED) is 0.544. The van der Waals surface area contributed by atoms with Crippen molar-refractivity contribution in [3.8, 4) is 0 Å². The van der Waals surface area contributed by atoms with Crippen LogP contribution in [-0.2, 0) is 25.6 Å². The maximum absolute atomic E-state index is 11.7. The summed E-state index contributed by atoms with van der Waals surface area (Å²) >= 11 is 0. The zero-order valence-corrected chi connectivity index (χ0v) is 15.3. The van der Waals surface area contributed by atoms with Crippen molar-refractivity contribution in [3.05, 3.63) is 48.0 Å². The van der Waals surface area contributed by atoms with Crippen LogP contribution in [0, 0.1) is 0 Å². The van der Waals surface area contributed by atoms with Crippen molar-refractivity contribution >= 4 is 5.97 Å². The fourth-order valence-electron chi connectivity index (χ4n) is 2.65.